The maximum atomic E-state index is 4.43. The standard InChI is InChI=1S/C18H20N4/c1-2-5-15-12-16(8-7-14(15)4-1)18(22-20-10-11-21-22)17-6-3-9-19-13-17/h1-2,4-5,7-8,10-12,17-19H,3,6,9,13H2/t17-,18?/m0/s1. The Labute approximate surface area is 130 Å². The normalized spacial score (nSPS) is 20.1. The average molecular weight is 292 g/mol. The lowest BCUT2D eigenvalue weighted by Gasteiger charge is -2.30. The molecule has 2 aromatic carbocycles. The van der Waals surface area contributed by atoms with Crippen molar-refractivity contribution in [2.45, 2.75) is 18.9 Å². The van der Waals surface area contributed by atoms with Crippen molar-refractivity contribution in [3.8, 4) is 0 Å². The molecule has 3 aromatic rings. The van der Waals surface area contributed by atoms with Crippen LogP contribution in [-0.4, -0.2) is 28.1 Å². The number of piperidine rings is 1. The van der Waals surface area contributed by atoms with Crippen molar-refractivity contribution >= 4 is 10.8 Å². The van der Waals surface area contributed by atoms with Gasteiger partial charge in [0.2, 0.25) is 0 Å². The van der Waals surface area contributed by atoms with E-state index < -0.39 is 0 Å². The van der Waals surface area contributed by atoms with E-state index in [1.54, 1.807) is 12.4 Å². The Kier molecular flexibility index (Phi) is 3.60. The molecule has 1 aliphatic rings. The molecule has 2 heterocycles. The van der Waals surface area contributed by atoms with E-state index in [1.165, 1.54) is 29.2 Å². The molecule has 1 aliphatic heterocycles. The number of hydrogen-bond donors (Lipinski definition) is 1. The Bertz CT molecular complexity index is 745. The van der Waals surface area contributed by atoms with Gasteiger partial charge < -0.3 is 5.32 Å². The number of benzene rings is 2. The molecule has 0 bridgehead atoms. The molecule has 4 rings (SSSR count). The average Bonchev–Trinajstić information content (AvgIpc) is 3.10. The molecule has 0 saturated carbocycles. The van der Waals surface area contributed by atoms with Crippen molar-refractivity contribution < 1.29 is 0 Å². The highest BCUT2D eigenvalue weighted by atomic mass is 15.5. The van der Waals surface area contributed by atoms with E-state index in [2.05, 4.69) is 58.0 Å². The Morgan fingerprint density at radius 2 is 1.86 bits per heavy atom. The van der Waals surface area contributed by atoms with Crippen molar-refractivity contribution in [3.63, 3.8) is 0 Å². The van der Waals surface area contributed by atoms with Gasteiger partial charge >= 0.3 is 0 Å². The zero-order chi connectivity index (χ0) is 14.8. The highest BCUT2D eigenvalue weighted by molar-refractivity contribution is 5.83. The molecule has 22 heavy (non-hydrogen) atoms. The highest BCUT2D eigenvalue weighted by Gasteiger charge is 2.27. The summed E-state index contributed by atoms with van der Waals surface area (Å²) in [6.07, 6.45) is 5.97. The first-order valence-corrected chi connectivity index (χ1v) is 7.97. The predicted octanol–water partition coefficient (Wildman–Crippen LogP) is 3.02. The monoisotopic (exact) mass is 292 g/mol. The maximum Gasteiger partial charge on any atom is 0.101 e. The van der Waals surface area contributed by atoms with Crippen LogP contribution in [0.3, 0.4) is 0 Å². The summed E-state index contributed by atoms with van der Waals surface area (Å²) in [6, 6.07) is 15.4. The van der Waals surface area contributed by atoms with Crippen molar-refractivity contribution in [2.75, 3.05) is 13.1 Å². The zero-order valence-corrected chi connectivity index (χ0v) is 12.5. The number of nitrogens with one attached hydrogen (secondary N) is 1. The number of hydrogen-bond acceptors (Lipinski definition) is 3. The fourth-order valence-electron chi connectivity index (χ4n) is 3.50. The summed E-state index contributed by atoms with van der Waals surface area (Å²) in [5, 5.41) is 14.9. The summed E-state index contributed by atoms with van der Waals surface area (Å²) in [5.41, 5.74) is 1.30. The van der Waals surface area contributed by atoms with Crippen molar-refractivity contribution in [1.29, 1.82) is 0 Å². The first-order chi connectivity index (χ1) is 10.9. The van der Waals surface area contributed by atoms with Crippen LogP contribution in [0, 0.1) is 5.92 Å². The molecule has 1 N–H and O–H groups in total. The van der Waals surface area contributed by atoms with Crippen molar-refractivity contribution in [3.05, 3.63) is 60.4 Å². The number of aromatic nitrogens is 3. The van der Waals surface area contributed by atoms with E-state index in [-0.39, 0.29) is 6.04 Å². The minimum Gasteiger partial charge on any atom is -0.316 e. The molecule has 112 valence electrons. The lowest BCUT2D eigenvalue weighted by atomic mass is 9.87. The molecule has 1 aromatic heterocycles. The quantitative estimate of drug-likeness (QED) is 0.807. The minimum atomic E-state index is 0.201. The van der Waals surface area contributed by atoms with Gasteiger partial charge in [0.1, 0.15) is 6.04 Å². The number of rotatable bonds is 3. The summed E-state index contributed by atoms with van der Waals surface area (Å²) in [6.45, 7) is 2.15. The largest absolute Gasteiger partial charge is 0.316 e. The summed E-state index contributed by atoms with van der Waals surface area (Å²) in [7, 11) is 0. The van der Waals surface area contributed by atoms with Gasteiger partial charge in [-0.1, -0.05) is 36.4 Å². The van der Waals surface area contributed by atoms with E-state index in [9.17, 15) is 0 Å². The van der Waals surface area contributed by atoms with E-state index in [0.717, 1.165) is 13.1 Å². The van der Waals surface area contributed by atoms with Crippen LogP contribution in [0.5, 0.6) is 0 Å². The summed E-state index contributed by atoms with van der Waals surface area (Å²) >= 11 is 0. The molecule has 2 atom stereocenters. The molecule has 4 nitrogen and oxygen atoms in total. The van der Waals surface area contributed by atoms with E-state index in [4.69, 9.17) is 0 Å². The molecule has 4 heteroatoms. The van der Waals surface area contributed by atoms with Crippen LogP contribution in [0.25, 0.3) is 10.8 Å². The second kappa shape index (κ2) is 5.89. The number of fused-ring (bicyclic) bond motifs is 1. The molecule has 0 amide bonds. The Hall–Kier alpha value is -2.20. The summed E-state index contributed by atoms with van der Waals surface area (Å²) in [5.74, 6) is 0.530. The van der Waals surface area contributed by atoms with Crippen molar-refractivity contribution in [2.24, 2.45) is 5.92 Å². The van der Waals surface area contributed by atoms with Gasteiger partial charge in [-0.3, -0.25) is 0 Å². The highest BCUT2D eigenvalue weighted by Crippen LogP contribution is 2.31. The van der Waals surface area contributed by atoms with Crippen molar-refractivity contribution in [1.82, 2.24) is 20.3 Å². The molecule has 0 aliphatic carbocycles. The fraction of sp³-hybridized carbons (Fsp3) is 0.333. The third-order valence-corrected chi connectivity index (χ3v) is 4.58. The first kappa shape index (κ1) is 13.5. The topological polar surface area (TPSA) is 42.7 Å². The summed E-state index contributed by atoms with van der Waals surface area (Å²) in [4.78, 5) is 1.88. The maximum absolute atomic E-state index is 4.43. The Balaban J connectivity index is 1.78. The van der Waals surface area contributed by atoms with Gasteiger partial charge in [0.15, 0.2) is 0 Å². The van der Waals surface area contributed by atoms with Crippen LogP contribution in [0.15, 0.2) is 54.9 Å². The molecule has 1 unspecified atom stereocenters. The molecule has 1 fully saturated rings. The first-order valence-electron chi connectivity index (χ1n) is 7.97. The fourth-order valence-corrected chi connectivity index (χ4v) is 3.50. The van der Waals surface area contributed by atoms with Crippen LogP contribution in [0.1, 0.15) is 24.4 Å². The van der Waals surface area contributed by atoms with Crippen LogP contribution in [-0.2, 0) is 0 Å². The predicted molar refractivity (Wildman–Crippen MR) is 87.7 cm³/mol. The van der Waals surface area contributed by atoms with Gasteiger partial charge in [-0.25, -0.2) is 0 Å². The van der Waals surface area contributed by atoms with E-state index >= 15 is 0 Å². The van der Waals surface area contributed by atoms with Crippen LogP contribution in [0.4, 0.5) is 0 Å². The van der Waals surface area contributed by atoms with Crippen LogP contribution < -0.4 is 5.32 Å². The van der Waals surface area contributed by atoms with Crippen LogP contribution in [0.2, 0.25) is 0 Å². The molecule has 1 saturated heterocycles. The second-order valence-electron chi connectivity index (χ2n) is 6.01. The van der Waals surface area contributed by atoms with Gasteiger partial charge in [0, 0.05) is 6.54 Å². The molecular formula is C18H20N4. The zero-order valence-electron chi connectivity index (χ0n) is 12.5. The Morgan fingerprint density at radius 1 is 1.05 bits per heavy atom. The van der Waals surface area contributed by atoms with E-state index in [1.807, 2.05) is 4.80 Å². The third kappa shape index (κ3) is 2.50. The lowest BCUT2D eigenvalue weighted by molar-refractivity contribution is 0.264. The van der Waals surface area contributed by atoms with Gasteiger partial charge in [-0.05, 0) is 47.7 Å². The SMILES string of the molecule is c1ccc2cc(C([C@H]3CCCNC3)n3nccn3)ccc2c1. The van der Waals surface area contributed by atoms with Crippen LogP contribution >= 0.6 is 0 Å². The van der Waals surface area contributed by atoms with Gasteiger partial charge in [-0.15, -0.1) is 0 Å². The number of nitrogens with zero attached hydrogens (tertiary/aromatic N) is 3. The third-order valence-electron chi connectivity index (χ3n) is 4.58. The minimum absolute atomic E-state index is 0.201. The van der Waals surface area contributed by atoms with Gasteiger partial charge in [0.25, 0.3) is 0 Å². The molecule has 0 radical (unpaired) electrons. The van der Waals surface area contributed by atoms with E-state index in [0.29, 0.717) is 5.92 Å². The molecule has 0 spiro atoms. The Morgan fingerprint density at radius 3 is 2.64 bits per heavy atom. The van der Waals surface area contributed by atoms with Gasteiger partial charge in [-0.2, -0.15) is 15.0 Å². The lowest BCUT2D eigenvalue weighted by Crippen LogP contribution is -2.36. The second-order valence-corrected chi connectivity index (χ2v) is 6.01. The smallest absolute Gasteiger partial charge is 0.101 e. The molecular weight excluding hydrogens is 272 g/mol. The summed E-state index contributed by atoms with van der Waals surface area (Å²) < 4.78 is 0. The van der Waals surface area contributed by atoms with Gasteiger partial charge in [0.05, 0.1) is 12.4 Å².